The van der Waals surface area contributed by atoms with Gasteiger partial charge in [-0.1, -0.05) is 23.8 Å². The number of amides is 2. The summed E-state index contributed by atoms with van der Waals surface area (Å²) in [6.07, 6.45) is 0. The molecule has 27 heavy (non-hydrogen) atoms. The lowest BCUT2D eigenvalue weighted by Crippen LogP contribution is -2.54. The highest BCUT2D eigenvalue weighted by Crippen LogP contribution is 2.50. The van der Waals surface area contributed by atoms with Gasteiger partial charge in [-0.15, -0.1) is 11.3 Å². The molecule has 3 heterocycles. The highest BCUT2D eigenvalue weighted by atomic mass is 32.1. The zero-order valence-electron chi connectivity index (χ0n) is 15.3. The topological polar surface area (TPSA) is 75.7 Å². The highest BCUT2D eigenvalue weighted by molar-refractivity contribution is 7.10. The Hall–Kier alpha value is -2.51. The van der Waals surface area contributed by atoms with Crippen molar-refractivity contribution in [1.82, 2.24) is 5.32 Å². The van der Waals surface area contributed by atoms with Crippen LogP contribution in [0.4, 0.5) is 5.69 Å². The SMILES string of the molecule is COC(=O)[C@]1(C)N[C@@H](c2cccs2)[C@H]2C(=O)N(c3ccc(C)cc3)C(=O)[C@@H]21. The number of rotatable bonds is 3. The van der Waals surface area contributed by atoms with E-state index in [1.54, 1.807) is 19.1 Å². The molecule has 4 rings (SSSR count). The summed E-state index contributed by atoms with van der Waals surface area (Å²) in [6.45, 7) is 3.59. The van der Waals surface area contributed by atoms with Gasteiger partial charge in [0.15, 0.2) is 0 Å². The van der Waals surface area contributed by atoms with E-state index in [4.69, 9.17) is 4.74 Å². The van der Waals surface area contributed by atoms with E-state index in [-0.39, 0.29) is 11.8 Å². The third-order valence-electron chi connectivity index (χ3n) is 5.54. The van der Waals surface area contributed by atoms with E-state index >= 15 is 0 Å². The Morgan fingerprint density at radius 1 is 1.19 bits per heavy atom. The van der Waals surface area contributed by atoms with Gasteiger partial charge in [0.1, 0.15) is 5.54 Å². The van der Waals surface area contributed by atoms with Crippen LogP contribution in [-0.4, -0.2) is 30.4 Å². The van der Waals surface area contributed by atoms with Crippen LogP contribution in [0.5, 0.6) is 0 Å². The minimum atomic E-state index is -1.26. The Balaban J connectivity index is 1.81. The third kappa shape index (κ3) is 2.53. The first kappa shape index (κ1) is 17.9. The second-order valence-corrected chi connectivity index (χ2v) is 8.16. The number of carbonyl (C=O) groups excluding carboxylic acids is 3. The molecule has 2 amide bonds. The van der Waals surface area contributed by atoms with Gasteiger partial charge >= 0.3 is 5.97 Å². The smallest absolute Gasteiger partial charge is 0.326 e. The average Bonchev–Trinajstić information content (AvgIpc) is 3.34. The Morgan fingerprint density at radius 2 is 1.89 bits per heavy atom. The second-order valence-electron chi connectivity index (χ2n) is 7.18. The average molecular weight is 384 g/mol. The summed E-state index contributed by atoms with van der Waals surface area (Å²) in [4.78, 5) is 41.3. The minimum absolute atomic E-state index is 0.285. The van der Waals surface area contributed by atoms with Crippen LogP contribution < -0.4 is 10.2 Å². The van der Waals surface area contributed by atoms with Gasteiger partial charge < -0.3 is 4.74 Å². The van der Waals surface area contributed by atoms with Gasteiger partial charge in [-0.3, -0.25) is 19.7 Å². The largest absolute Gasteiger partial charge is 0.468 e. The van der Waals surface area contributed by atoms with Gasteiger partial charge in [0.2, 0.25) is 11.8 Å². The molecule has 0 bridgehead atoms. The summed E-state index contributed by atoms with van der Waals surface area (Å²) in [5, 5.41) is 5.15. The van der Waals surface area contributed by atoms with Crippen molar-refractivity contribution in [3.8, 4) is 0 Å². The van der Waals surface area contributed by atoms with Crippen LogP contribution in [-0.2, 0) is 19.1 Å². The van der Waals surface area contributed by atoms with Gasteiger partial charge in [-0.05, 0) is 37.4 Å². The van der Waals surface area contributed by atoms with Crippen LogP contribution >= 0.6 is 11.3 Å². The van der Waals surface area contributed by atoms with Crippen LogP contribution in [0.15, 0.2) is 41.8 Å². The Morgan fingerprint density at radius 3 is 2.48 bits per heavy atom. The molecule has 1 aromatic carbocycles. The molecule has 2 saturated heterocycles. The monoisotopic (exact) mass is 384 g/mol. The van der Waals surface area contributed by atoms with Gasteiger partial charge in [0.05, 0.1) is 30.7 Å². The van der Waals surface area contributed by atoms with Crippen LogP contribution in [0.25, 0.3) is 0 Å². The molecule has 2 aliphatic rings. The summed E-state index contributed by atoms with van der Waals surface area (Å²) in [5.41, 5.74) is 0.304. The first-order valence-electron chi connectivity index (χ1n) is 8.72. The normalized spacial score (nSPS) is 29.9. The second kappa shape index (κ2) is 6.28. The number of thiophene rings is 1. The van der Waals surface area contributed by atoms with Gasteiger partial charge in [0.25, 0.3) is 0 Å². The first-order valence-corrected chi connectivity index (χ1v) is 9.60. The molecule has 2 fully saturated rings. The maximum Gasteiger partial charge on any atom is 0.326 e. The molecule has 6 nitrogen and oxygen atoms in total. The number of fused-ring (bicyclic) bond motifs is 1. The van der Waals surface area contributed by atoms with Crippen LogP contribution in [0.2, 0.25) is 0 Å². The number of esters is 1. The minimum Gasteiger partial charge on any atom is -0.468 e. The summed E-state index contributed by atoms with van der Waals surface area (Å²) >= 11 is 1.49. The number of ether oxygens (including phenoxy) is 1. The standard InChI is InChI=1S/C20H20N2O4S/c1-11-6-8-12(9-7-11)22-17(23)14-15(18(22)24)20(2,19(25)26-3)21-16(14)13-5-4-10-27-13/h4-10,14-16,21H,1-3H3/t14-,15+,16-,20+/m0/s1. The lowest BCUT2D eigenvalue weighted by molar-refractivity contribution is -0.151. The van der Waals surface area contributed by atoms with E-state index in [0.717, 1.165) is 10.4 Å². The molecule has 2 aromatic rings. The molecule has 4 atom stereocenters. The van der Waals surface area contributed by atoms with E-state index < -0.39 is 29.4 Å². The maximum absolute atomic E-state index is 13.3. The molecule has 2 aliphatic heterocycles. The fourth-order valence-electron chi connectivity index (χ4n) is 4.20. The quantitative estimate of drug-likeness (QED) is 0.650. The number of nitrogens with zero attached hydrogens (tertiary/aromatic N) is 1. The number of nitrogens with one attached hydrogen (secondary N) is 1. The summed E-state index contributed by atoms with van der Waals surface area (Å²) in [7, 11) is 1.29. The molecule has 0 aliphatic carbocycles. The Bertz CT molecular complexity index is 909. The Kier molecular flexibility index (Phi) is 4.16. The number of hydrogen-bond acceptors (Lipinski definition) is 6. The molecule has 140 valence electrons. The molecule has 0 saturated carbocycles. The lowest BCUT2D eigenvalue weighted by atomic mass is 9.81. The lowest BCUT2D eigenvalue weighted by Gasteiger charge is -2.28. The van der Waals surface area contributed by atoms with Gasteiger partial charge in [0, 0.05) is 4.88 Å². The van der Waals surface area contributed by atoms with Crippen molar-refractivity contribution in [3.63, 3.8) is 0 Å². The summed E-state index contributed by atoms with van der Waals surface area (Å²) in [6, 6.07) is 10.6. The van der Waals surface area contributed by atoms with E-state index in [2.05, 4.69) is 5.32 Å². The number of anilines is 1. The predicted molar refractivity (Wildman–Crippen MR) is 101 cm³/mol. The molecule has 0 radical (unpaired) electrons. The molecule has 7 heteroatoms. The van der Waals surface area contributed by atoms with Crippen molar-refractivity contribution in [2.24, 2.45) is 11.8 Å². The molecular weight excluding hydrogens is 364 g/mol. The van der Waals surface area contributed by atoms with Crippen molar-refractivity contribution < 1.29 is 19.1 Å². The van der Waals surface area contributed by atoms with Crippen LogP contribution in [0.3, 0.4) is 0 Å². The number of benzene rings is 1. The molecular formula is C20H20N2O4S. The molecule has 1 N–H and O–H groups in total. The predicted octanol–water partition coefficient (Wildman–Crippen LogP) is 2.44. The first-order chi connectivity index (χ1) is 12.9. The number of imide groups is 1. The van der Waals surface area contributed by atoms with Crippen molar-refractivity contribution in [2.75, 3.05) is 12.0 Å². The number of carbonyl (C=O) groups is 3. The van der Waals surface area contributed by atoms with Gasteiger partial charge in [-0.2, -0.15) is 0 Å². The zero-order chi connectivity index (χ0) is 19.3. The zero-order valence-corrected chi connectivity index (χ0v) is 16.1. The Labute approximate surface area is 161 Å². The third-order valence-corrected chi connectivity index (χ3v) is 6.49. The fraction of sp³-hybridized carbons (Fsp3) is 0.350. The van der Waals surface area contributed by atoms with E-state index in [1.807, 2.05) is 36.6 Å². The number of methoxy groups -OCH3 is 1. The van der Waals surface area contributed by atoms with E-state index in [0.29, 0.717) is 5.69 Å². The summed E-state index contributed by atoms with van der Waals surface area (Å²) < 4.78 is 4.97. The van der Waals surface area contributed by atoms with Gasteiger partial charge in [-0.25, -0.2) is 4.90 Å². The van der Waals surface area contributed by atoms with Crippen molar-refractivity contribution in [1.29, 1.82) is 0 Å². The molecule has 1 aromatic heterocycles. The van der Waals surface area contributed by atoms with E-state index in [9.17, 15) is 14.4 Å². The molecule has 0 spiro atoms. The summed E-state index contributed by atoms with van der Waals surface area (Å²) in [5.74, 6) is -2.66. The molecule has 0 unspecified atom stereocenters. The van der Waals surface area contributed by atoms with Crippen molar-refractivity contribution in [2.45, 2.75) is 25.4 Å². The van der Waals surface area contributed by atoms with Crippen molar-refractivity contribution in [3.05, 3.63) is 52.2 Å². The van der Waals surface area contributed by atoms with E-state index in [1.165, 1.54) is 23.3 Å². The van der Waals surface area contributed by atoms with Crippen LogP contribution in [0.1, 0.15) is 23.4 Å². The fourth-order valence-corrected chi connectivity index (χ4v) is 5.02. The maximum atomic E-state index is 13.3. The van der Waals surface area contributed by atoms with Crippen LogP contribution in [0, 0.1) is 18.8 Å². The highest BCUT2D eigenvalue weighted by Gasteiger charge is 2.67. The van der Waals surface area contributed by atoms with Crippen molar-refractivity contribution >= 4 is 34.8 Å². The number of aryl methyl sites for hydroxylation is 1. The number of hydrogen-bond donors (Lipinski definition) is 1.